The van der Waals surface area contributed by atoms with Crippen LogP contribution in [0.25, 0.3) is 0 Å². The van der Waals surface area contributed by atoms with Crippen molar-refractivity contribution in [2.75, 3.05) is 5.32 Å². The first-order chi connectivity index (χ1) is 8.60. The fraction of sp³-hybridized carbons (Fsp3) is 0. The average Bonchev–Trinajstić information content (AvgIpc) is 2.34. The van der Waals surface area contributed by atoms with Gasteiger partial charge in [-0.3, -0.25) is 0 Å². The van der Waals surface area contributed by atoms with Gasteiger partial charge in [0.25, 0.3) is 0 Å². The van der Waals surface area contributed by atoms with Crippen molar-refractivity contribution < 1.29 is 8.78 Å². The van der Waals surface area contributed by atoms with Gasteiger partial charge in [0.15, 0.2) is 0 Å². The maximum Gasteiger partial charge on any atom is 0.143 e. The van der Waals surface area contributed by atoms with Crippen LogP contribution in [0.2, 0.25) is 5.02 Å². The fourth-order valence-corrected chi connectivity index (χ4v) is 1.54. The summed E-state index contributed by atoms with van der Waals surface area (Å²) in [6.45, 7) is 0. The van der Waals surface area contributed by atoms with Crippen LogP contribution in [0.15, 0.2) is 36.4 Å². The molecule has 5 heteroatoms. The fourth-order valence-electron chi connectivity index (χ4n) is 1.42. The number of hydrogen-bond acceptors (Lipinski definition) is 2. The number of halogens is 3. The van der Waals surface area contributed by atoms with Crippen molar-refractivity contribution in [3.05, 3.63) is 58.6 Å². The summed E-state index contributed by atoms with van der Waals surface area (Å²) in [6, 6.07) is 9.96. The molecule has 2 aromatic rings. The SMILES string of the molecule is N#Cc1ccc(Nc2ccc(Cl)c(F)c2)cc1F. The molecule has 2 aromatic carbocycles. The van der Waals surface area contributed by atoms with E-state index in [1.165, 1.54) is 30.3 Å². The Bertz CT molecular complexity index is 635. The second-order valence-corrected chi connectivity index (χ2v) is 3.97. The van der Waals surface area contributed by atoms with Gasteiger partial charge in [0.05, 0.1) is 10.6 Å². The van der Waals surface area contributed by atoms with E-state index in [2.05, 4.69) is 5.32 Å². The van der Waals surface area contributed by atoms with Crippen LogP contribution >= 0.6 is 11.6 Å². The largest absolute Gasteiger partial charge is 0.355 e. The lowest BCUT2D eigenvalue weighted by Gasteiger charge is -2.07. The predicted octanol–water partition coefficient (Wildman–Crippen LogP) is 4.23. The summed E-state index contributed by atoms with van der Waals surface area (Å²) in [5.41, 5.74) is 0.831. The average molecular weight is 265 g/mol. The first kappa shape index (κ1) is 12.3. The van der Waals surface area contributed by atoms with Crippen LogP contribution in [-0.4, -0.2) is 0 Å². The molecular formula is C13H7ClF2N2. The third-order valence-electron chi connectivity index (χ3n) is 2.30. The molecular weight excluding hydrogens is 258 g/mol. The molecule has 0 saturated heterocycles. The van der Waals surface area contributed by atoms with Crippen molar-refractivity contribution in [1.82, 2.24) is 0 Å². The van der Waals surface area contributed by atoms with E-state index in [0.29, 0.717) is 11.4 Å². The molecule has 0 aliphatic heterocycles. The summed E-state index contributed by atoms with van der Waals surface area (Å²) in [5, 5.41) is 11.4. The number of rotatable bonds is 2. The van der Waals surface area contributed by atoms with Crippen molar-refractivity contribution in [3.8, 4) is 6.07 Å². The zero-order valence-corrected chi connectivity index (χ0v) is 9.80. The van der Waals surface area contributed by atoms with E-state index in [9.17, 15) is 8.78 Å². The van der Waals surface area contributed by atoms with Crippen LogP contribution in [0, 0.1) is 23.0 Å². The Labute approximate surface area is 107 Å². The molecule has 0 unspecified atom stereocenters. The molecule has 0 spiro atoms. The molecule has 90 valence electrons. The van der Waals surface area contributed by atoms with Gasteiger partial charge in [0, 0.05) is 11.4 Å². The second kappa shape index (κ2) is 5.03. The van der Waals surface area contributed by atoms with Crippen LogP contribution in [0.5, 0.6) is 0 Å². The van der Waals surface area contributed by atoms with Gasteiger partial charge in [0.2, 0.25) is 0 Å². The summed E-state index contributed by atoms with van der Waals surface area (Å²) >= 11 is 5.55. The van der Waals surface area contributed by atoms with Gasteiger partial charge in [0.1, 0.15) is 17.7 Å². The van der Waals surface area contributed by atoms with Crippen molar-refractivity contribution in [3.63, 3.8) is 0 Å². The molecule has 1 N–H and O–H groups in total. The van der Waals surface area contributed by atoms with E-state index in [1.807, 2.05) is 0 Å². The molecule has 0 heterocycles. The zero-order valence-electron chi connectivity index (χ0n) is 9.05. The second-order valence-electron chi connectivity index (χ2n) is 3.56. The van der Waals surface area contributed by atoms with Crippen molar-refractivity contribution in [2.45, 2.75) is 0 Å². The van der Waals surface area contributed by atoms with Crippen molar-refractivity contribution in [2.24, 2.45) is 0 Å². The molecule has 18 heavy (non-hydrogen) atoms. The van der Waals surface area contributed by atoms with Gasteiger partial charge < -0.3 is 5.32 Å². The highest BCUT2D eigenvalue weighted by molar-refractivity contribution is 6.30. The Morgan fingerprint density at radius 3 is 2.17 bits per heavy atom. The van der Waals surface area contributed by atoms with Crippen LogP contribution in [0.4, 0.5) is 20.2 Å². The summed E-state index contributed by atoms with van der Waals surface area (Å²) < 4.78 is 26.5. The minimum Gasteiger partial charge on any atom is -0.355 e. The Morgan fingerprint density at radius 2 is 1.61 bits per heavy atom. The molecule has 0 aromatic heterocycles. The summed E-state index contributed by atoms with van der Waals surface area (Å²) in [5.74, 6) is -1.19. The Balaban J connectivity index is 2.26. The Kier molecular flexibility index (Phi) is 3.45. The van der Waals surface area contributed by atoms with Crippen LogP contribution in [0.1, 0.15) is 5.56 Å². The van der Waals surface area contributed by atoms with Gasteiger partial charge in [-0.2, -0.15) is 5.26 Å². The lowest BCUT2D eigenvalue weighted by molar-refractivity contribution is 0.624. The highest BCUT2D eigenvalue weighted by Gasteiger charge is 2.04. The smallest absolute Gasteiger partial charge is 0.143 e. The Morgan fingerprint density at radius 1 is 1.00 bits per heavy atom. The number of benzene rings is 2. The van der Waals surface area contributed by atoms with E-state index in [-0.39, 0.29) is 10.6 Å². The highest BCUT2D eigenvalue weighted by atomic mass is 35.5. The number of nitrogens with zero attached hydrogens (tertiary/aromatic N) is 1. The van der Waals surface area contributed by atoms with Crippen molar-refractivity contribution >= 4 is 23.0 Å². The van der Waals surface area contributed by atoms with E-state index < -0.39 is 11.6 Å². The van der Waals surface area contributed by atoms with E-state index in [4.69, 9.17) is 16.9 Å². The molecule has 0 atom stereocenters. The van der Waals surface area contributed by atoms with Crippen molar-refractivity contribution in [1.29, 1.82) is 5.26 Å². The standard InChI is InChI=1S/C13H7ClF2N2/c14-11-4-3-10(6-13(11)16)18-9-2-1-8(7-17)12(15)5-9/h1-6,18H. The van der Waals surface area contributed by atoms with Gasteiger partial charge in [-0.15, -0.1) is 0 Å². The van der Waals surface area contributed by atoms with Gasteiger partial charge in [-0.25, -0.2) is 8.78 Å². The van der Waals surface area contributed by atoms with E-state index >= 15 is 0 Å². The molecule has 0 bridgehead atoms. The molecule has 0 amide bonds. The molecule has 0 aliphatic carbocycles. The van der Waals surface area contributed by atoms with E-state index in [0.717, 1.165) is 0 Å². The predicted molar refractivity (Wildman–Crippen MR) is 65.8 cm³/mol. The lowest BCUT2D eigenvalue weighted by Crippen LogP contribution is -1.93. The molecule has 0 fully saturated rings. The highest BCUT2D eigenvalue weighted by Crippen LogP contribution is 2.23. The third kappa shape index (κ3) is 2.58. The van der Waals surface area contributed by atoms with Gasteiger partial charge in [-0.05, 0) is 36.4 Å². The van der Waals surface area contributed by atoms with Crippen LogP contribution in [0.3, 0.4) is 0 Å². The maximum atomic E-state index is 13.3. The molecule has 2 rings (SSSR count). The molecule has 0 aliphatic rings. The lowest BCUT2D eigenvalue weighted by atomic mass is 10.2. The first-order valence-corrected chi connectivity index (χ1v) is 5.39. The monoisotopic (exact) mass is 264 g/mol. The number of nitrogens with one attached hydrogen (secondary N) is 1. The topological polar surface area (TPSA) is 35.8 Å². The van der Waals surface area contributed by atoms with Gasteiger partial charge >= 0.3 is 0 Å². The minimum atomic E-state index is -0.628. The zero-order chi connectivity index (χ0) is 13.1. The Hall–Kier alpha value is -2.12. The molecule has 0 radical (unpaired) electrons. The number of nitriles is 1. The summed E-state index contributed by atoms with van der Waals surface area (Å²) in [7, 11) is 0. The summed E-state index contributed by atoms with van der Waals surface area (Å²) in [4.78, 5) is 0. The van der Waals surface area contributed by atoms with Crippen LogP contribution < -0.4 is 5.32 Å². The third-order valence-corrected chi connectivity index (χ3v) is 2.60. The normalized spacial score (nSPS) is 9.89. The van der Waals surface area contributed by atoms with Crippen LogP contribution in [-0.2, 0) is 0 Å². The maximum absolute atomic E-state index is 13.3. The quantitative estimate of drug-likeness (QED) is 0.881. The van der Waals surface area contributed by atoms with Gasteiger partial charge in [-0.1, -0.05) is 11.6 Å². The summed E-state index contributed by atoms with van der Waals surface area (Å²) in [6.07, 6.45) is 0. The minimum absolute atomic E-state index is 0.0200. The molecule has 0 saturated carbocycles. The van der Waals surface area contributed by atoms with E-state index in [1.54, 1.807) is 12.1 Å². The number of hydrogen-bond donors (Lipinski definition) is 1. The first-order valence-electron chi connectivity index (χ1n) is 5.02. The molecule has 2 nitrogen and oxygen atoms in total. The number of anilines is 2.